The number of amides is 3. The fourth-order valence-electron chi connectivity index (χ4n) is 3.29. The highest BCUT2D eigenvalue weighted by atomic mass is 35.5. The van der Waals surface area contributed by atoms with Crippen LogP contribution in [0.3, 0.4) is 0 Å². The van der Waals surface area contributed by atoms with Gasteiger partial charge in [0.15, 0.2) is 11.0 Å². The number of hydrogen-bond acceptors (Lipinski definition) is 4. The summed E-state index contributed by atoms with van der Waals surface area (Å²) in [4.78, 5) is 36.3. The molecule has 9 nitrogen and oxygen atoms in total. The van der Waals surface area contributed by atoms with Crippen molar-refractivity contribution in [3.8, 4) is 0 Å². The molecule has 1 heterocycles. The quantitative estimate of drug-likeness (QED) is 0.381. The molecule has 0 saturated heterocycles. The van der Waals surface area contributed by atoms with Gasteiger partial charge in [-0.15, -0.1) is 0 Å². The van der Waals surface area contributed by atoms with Crippen LogP contribution in [0, 0.1) is 0 Å². The zero-order valence-corrected chi connectivity index (χ0v) is 19.2. The number of carbonyl (C=O) groups excluding carboxylic acids is 2. The second-order valence-electron chi connectivity index (χ2n) is 6.96. The number of carbonyl (C=O) groups is 3. The van der Waals surface area contributed by atoms with Crippen molar-refractivity contribution in [3.05, 3.63) is 52.0 Å². The Morgan fingerprint density at radius 1 is 1.25 bits per heavy atom. The van der Waals surface area contributed by atoms with Crippen molar-refractivity contribution in [1.82, 2.24) is 10.6 Å². The lowest BCUT2D eigenvalue weighted by atomic mass is 10.1. The summed E-state index contributed by atoms with van der Waals surface area (Å²) in [6.07, 6.45) is 0.489. The van der Waals surface area contributed by atoms with Crippen LogP contribution in [-0.2, 0) is 27.0 Å². The number of fused-ring (bicyclic) bond motifs is 1. The summed E-state index contributed by atoms with van der Waals surface area (Å²) >= 11 is 12.0. The number of urea groups is 1. The molecule has 0 radical (unpaired) electrons. The second kappa shape index (κ2) is 10.2. The minimum absolute atomic E-state index is 0.266. The topological polar surface area (TPSA) is 119 Å². The molecule has 1 aliphatic rings. The van der Waals surface area contributed by atoms with E-state index in [9.17, 15) is 23.7 Å². The van der Waals surface area contributed by atoms with Gasteiger partial charge in [-0.3, -0.25) is 18.8 Å². The van der Waals surface area contributed by atoms with Crippen LogP contribution in [0.15, 0.2) is 41.3 Å². The van der Waals surface area contributed by atoms with Crippen molar-refractivity contribution in [1.29, 1.82) is 0 Å². The predicted octanol–water partition coefficient (Wildman–Crippen LogP) is 2.77. The van der Waals surface area contributed by atoms with Gasteiger partial charge in [0.05, 0.1) is 16.7 Å². The highest BCUT2D eigenvalue weighted by Gasteiger charge is 2.28. The predicted molar refractivity (Wildman–Crippen MR) is 123 cm³/mol. The van der Waals surface area contributed by atoms with Crippen molar-refractivity contribution in [2.45, 2.75) is 24.4 Å². The van der Waals surface area contributed by atoms with Crippen molar-refractivity contribution in [2.24, 2.45) is 0 Å². The molecule has 170 valence electrons. The van der Waals surface area contributed by atoms with Crippen LogP contribution < -0.4 is 19.8 Å². The molecule has 2 unspecified atom stereocenters. The number of anilines is 2. The van der Waals surface area contributed by atoms with Gasteiger partial charge in [0, 0.05) is 22.3 Å². The van der Waals surface area contributed by atoms with Crippen LogP contribution in [-0.4, -0.2) is 47.0 Å². The van der Waals surface area contributed by atoms with Crippen LogP contribution in [0.5, 0.6) is 0 Å². The molecule has 32 heavy (non-hydrogen) atoms. The lowest BCUT2D eigenvalue weighted by Gasteiger charge is -2.24. The average molecular weight is 499 g/mol. The Hall–Kier alpha value is -2.82. The van der Waals surface area contributed by atoms with E-state index in [1.165, 1.54) is 27.4 Å². The lowest BCUT2D eigenvalue weighted by molar-refractivity contribution is -0.135. The van der Waals surface area contributed by atoms with Crippen LogP contribution in [0.1, 0.15) is 12.5 Å². The zero-order chi connectivity index (χ0) is 23.4. The summed E-state index contributed by atoms with van der Waals surface area (Å²) in [7, 11) is -1.89. The van der Waals surface area contributed by atoms with Crippen molar-refractivity contribution in [2.75, 3.05) is 22.3 Å². The van der Waals surface area contributed by atoms with E-state index in [-0.39, 0.29) is 21.0 Å². The number of nitrogens with zero attached hydrogens (tertiary/aromatic N) is 2. The summed E-state index contributed by atoms with van der Waals surface area (Å²) in [6.45, 7) is 1.52. The van der Waals surface area contributed by atoms with Crippen LogP contribution >= 0.6 is 23.2 Å². The number of nitrogens with one attached hydrogen (secondary N) is 2. The SMILES string of the molecule is CC(NC=O)NC(=O)N1CCc2cc(N(CC(=O)O)S(=O)c3cc(Cl)cc(Cl)c3)ccc21. The first-order valence-electron chi connectivity index (χ1n) is 9.47. The van der Waals surface area contributed by atoms with Gasteiger partial charge in [0.1, 0.15) is 6.54 Å². The van der Waals surface area contributed by atoms with Crippen LogP contribution in [0.4, 0.5) is 16.2 Å². The van der Waals surface area contributed by atoms with Crippen LogP contribution in [0.25, 0.3) is 0 Å². The maximum Gasteiger partial charge on any atom is 0.324 e. The molecule has 2 aromatic rings. The second-order valence-corrected chi connectivity index (χ2v) is 9.24. The van der Waals surface area contributed by atoms with Crippen molar-refractivity contribution < 1.29 is 23.7 Å². The Balaban J connectivity index is 1.88. The fraction of sp³-hybridized carbons (Fsp3) is 0.250. The largest absolute Gasteiger partial charge is 0.480 e. The van der Waals surface area contributed by atoms with Crippen molar-refractivity contribution in [3.63, 3.8) is 0 Å². The van der Waals surface area contributed by atoms with E-state index >= 15 is 0 Å². The van der Waals surface area contributed by atoms with Crippen LogP contribution in [0.2, 0.25) is 10.0 Å². The first-order valence-corrected chi connectivity index (χ1v) is 11.3. The molecule has 0 saturated carbocycles. The first-order chi connectivity index (χ1) is 15.2. The number of aliphatic carboxylic acids is 1. The maximum atomic E-state index is 13.2. The van der Waals surface area contributed by atoms with Crippen molar-refractivity contribution >= 4 is 64.0 Å². The van der Waals surface area contributed by atoms with E-state index < -0.39 is 29.7 Å². The third kappa shape index (κ3) is 5.50. The molecule has 0 aliphatic carbocycles. The van der Waals surface area contributed by atoms with Gasteiger partial charge in [-0.05, 0) is 55.3 Å². The van der Waals surface area contributed by atoms with Gasteiger partial charge in [-0.1, -0.05) is 23.2 Å². The van der Waals surface area contributed by atoms with E-state index in [0.717, 1.165) is 5.56 Å². The highest BCUT2D eigenvalue weighted by molar-refractivity contribution is 7.86. The Morgan fingerprint density at radius 3 is 2.56 bits per heavy atom. The summed E-state index contributed by atoms with van der Waals surface area (Å²) in [6, 6.07) is 9.03. The number of benzene rings is 2. The van der Waals surface area contributed by atoms with Gasteiger partial charge in [-0.25, -0.2) is 9.00 Å². The molecule has 2 atom stereocenters. The zero-order valence-electron chi connectivity index (χ0n) is 16.9. The van der Waals surface area contributed by atoms with E-state index in [1.54, 1.807) is 25.1 Å². The normalized spacial score (nSPS) is 14.3. The summed E-state index contributed by atoms with van der Waals surface area (Å²) < 4.78 is 14.4. The van der Waals surface area contributed by atoms with E-state index in [1.807, 2.05) is 0 Å². The lowest BCUT2D eigenvalue weighted by Crippen LogP contribution is -2.48. The summed E-state index contributed by atoms with van der Waals surface area (Å²) in [5.41, 5.74) is 1.86. The monoisotopic (exact) mass is 498 g/mol. The molecule has 0 aromatic heterocycles. The average Bonchev–Trinajstić information content (AvgIpc) is 3.14. The number of halogens is 2. The third-order valence-corrected chi connectivity index (χ3v) is 6.48. The van der Waals surface area contributed by atoms with Gasteiger partial charge >= 0.3 is 12.0 Å². The summed E-state index contributed by atoms with van der Waals surface area (Å²) in [5, 5.41) is 15.0. The molecule has 3 rings (SSSR count). The number of carboxylic acid groups (broad SMARTS) is 1. The standard InChI is InChI=1S/C20H20Cl2N4O5S/c1-12(23-11-27)24-20(30)25-5-4-13-6-16(2-3-18(13)25)26(10-19(28)29)32(31)17-8-14(21)7-15(22)9-17/h2-3,6-9,11-12H,4-5,10H2,1H3,(H,23,27)(H,24,30)(H,28,29). The molecular formula is C20H20Cl2N4O5S. The third-order valence-electron chi connectivity index (χ3n) is 4.67. The maximum absolute atomic E-state index is 13.2. The Kier molecular flexibility index (Phi) is 7.60. The molecule has 2 aromatic carbocycles. The molecule has 3 amide bonds. The Labute approximate surface area is 196 Å². The Morgan fingerprint density at radius 2 is 1.94 bits per heavy atom. The molecule has 12 heteroatoms. The first kappa shape index (κ1) is 23.8. The fourth-order valence-corrected chi connectivity index (χ4v) is 5.18. The molecule has 0 fully saturated rings. The Bertz CT molecular complexity index is 1060. The van der Waals surface area contributed by atoms with Gasteiger partial charge in [0.2, 0.25) is 6.41 Å². The molecule has 0 spiro atoms. The molecule has 3 N–H and O–H groups in total. The smallest absolute Gasteiger partial charge is 0.324 e. The van der Waals surface area contributed by atoms with E-state index in [2.05, 4.69) is 10.6 Å². The van der Waals surface area contributed by atoms with E-state index in [4.69, 9.17) is 23.2 Å². The number of rotatable bonds is 8. The van der Waals surface area contributed by atoms with E-state index in [0.29, 0.717) is 30.8 Å². The number of hydrogen-bond donors (Lipinski definition) is 3. The molecular weight excluding hydrogens is 479 g/mol. The number of carboxylic acids is 1. The molecule has 1 aliphatic heterocycles. The minimum Gasteiger partial charge on any atom is -0.480 e. The summed E-state index contributed by atoms with van der Waals surface area (Å²) in [5.74, 6) is -1.16. The van der Waals surface area contributed by atoms with Gasteiger partial charge in [-0.2, -0.15) is 0 Å². The minimum atomic E-state index is -1.89. The van der Waals surface area contributed by atoms with Gasteiger partial charge in [0.25, 0.3) is 0 Å². The molecule has 0 bridgehead atoms. The van der Waals surface area contributed by atoms with Gasteiger partial charge < -0.3 is 15.7 Å². The highest BCUT2D eigenvalue weighted by Crippen LogP contribution is 2.33.